The molecular weight excluding hydrogens is 530 g/mol. The van der Waals surface area contributed by atoms with Gasteiger partial charge in [0, 0.05) is 28.4 Å². The van der Waals surface area contributed by atoms with Gasteiger partial charge < -0.3 is 20.1 Å². The predicted molar refractivity (Wildman–Crippen MR) is 153 cm³/mol. The van der Waals surface area contributed by atoms with Gasteiger partial charge in [-0.15, -0.1) is 0 Å². The first-order chi connectivity index (χ1) is 19.3. The van der Waals surface area contributed by atoms with Crippen LogP contribution in [0.1, 0.15) is 49.6 Å². The summed E-state index contributed by atoms with van der Waals surface area (Å²) in [4.78, 5) is 44.5. The van der Waals surface area contributed by atoms with Gasteiger partial charge >= 0.3 is 5.97 Å². The van der Waals surface area contributed by atoms with E-state index in [4.69, 9.17) is 16.3 Å². The van der Waals surface area contributed by atoms with Crippen molar-refractivity contribution in [1.29, 1.82) is 0 Å². The number of pyridine rings is 1. The lowest BCUT2D eigenvalue weighted by molar-refractivity contribution is 0.0698. The van der Waals surface area contributed by atoms with Gasteiger partial charge in [-0.3, -0.25) is 14.6 Å². The summed E-state index contributed by atoms with van der Waals surface area (Å²) in [5, 5.41) is 13.1. The van der Waals surface area contributed by atoms with Gasteiger partial charge in [0.1, 0.15) is 11.4 Å². The molecule has 1 amide bonds. The average molecular weight is 556 g/mol. The fourth-order valence-corrected chi connectivity index (χ4v) is 4.42. The zero-order chi connectivity index (χ0) is 28.2. The van der Waals surface area contributed by atoms with Crippen molar-refractivity contribution in [3.8, 4) is 5.75 Å². The SMILES string of the molecule is COc1cccc(C(=O)Nc2ccc(C(=O)c3ccc(N(CC4CC4)c4ccc(Cl)cc4)cn3)cc2C(=O)O)c1. The van der Waals surface area contributed by atoms with Crippen LogP contribution in [0.15, 0.2) is 85.1 Å². The first-order valence-electron chi connectivity index (χ1n) is 12.7. The molecule has 4 aromatic rings. The molecule has 1 saturated carbocycles. The molecule has 40 heavy (non-hydrogen) atoms. The number of rotatable bonds is 10. The normalized spacial score (nSPS) is 12.4. The number of benzene rings is 3. The van der Waals surface area contributed by atoms with Gasteiger partial charge in [0.2, 0.25) is 5.78 Å². The van der Waals surface area contributed by atoms with Crippen LogP contribution in [0.3, 0.4) is 0 Å². The summed E-state index contributed by atoms with van der Waals surface area (Å²) in [7, 11) is 1.49. The topological polar surface area (TPSA) is 109 Å². The minimum absolute atomic E-state index is 0.0684. The van der Waals surface area contributed by atoms with E-state index in [1.54, 1.807) is 36.5 Å². The number of nitrogens with one attached hydrogen (secondary N) is 1. The van der Waals surface area contributed by atoms with E-state index in [1.807, 2.05) is 30.3 Å². The quantitative estimate of drug-likeness (QED) is 0.216. The Morgan fingerprint density at radius 1 is 0.975 bits per heavy atom. The summed E-state index contributed by atoms with van der Waals surface area (Å²) in [5.41, 5.74) is 2.30. The number of carboxylic acids is 1. The molecule has 0 saturated heterocycles. The molecule has 9 heteroatoms. The molecule has 8 nitrogen and oxygen atoms in total. The van der Waals surface area contributed by atoms with E-state index in [9.17, 15) is 19.5 Å². The molecule has 0 spiro atoms. The Kier molecular flexibility index (Phi) is 7.79. The largest absolute Gasteiger partial charge is 0.497 e. The number of hydrogen-bond donors (Lipinski definition) is 2. The van der Waals surface area contributed by atoms with Crippen LogP contribution in [-0.4, -0.2) is 41.4 Å². The fraction of sp³-hybridized carbons (Fsp3) is 0.161. The molecule has 0 bridgehead atoms. The molecule has 3 aromatic carbocycles. The summed E-state index contributed by atoms with van der Waals surface area (Å²) in [6.07, 6.45) is 4.00. The van der Waals surface area contributed by atoms with Crippen molar-refractivity contribution in [3.05, 3.63) is 112 Å². The number of carbonyl (C=O) groups excluding carboxylic acids is 2. The minimum atomic E-state index is -1.28. The number of carboxylic acid groups (broad SMARTS) is 1. The van der Waals surface area contributed by atoms with Gasteiger partial charge in [0.05, 0.1) is 30.2 Å². The van der Waals surface area contributed by atoms with Crippen molar-refractivity contribution in [1.82, 2.24) is 4.98 Å². The molecule has 0 radical (unpaired) electrons. The molecule has 202 valence electrons. The maximum atomic E-state index is 13.2. The van der Waals surface area contributed by atoms with Crippen LogP contribution >= 0.6 is 11.6 Å². The van der Waals surface area contributed by atoms with Crippen molar-refractivity contribution >= 4 is 46.3 Å². The number of carbonyl (C=O) groups is 3. The van der Waals surface area contributed by atoms with E-state index >= 15 is 0 Å². The number of aromatic carboxylic acids is 1. The number of hydrogen-bond acceptors (Lipinski definition) is 6. The van der Waals surface area contributed by atoms with E-state index in [2.05, 4.69) is 15.2 Å². The molecule has 0 aliphatic heterocycles. The van der Waals surface area contributed by atoms with Crippen LogP contribution in [0.5, 0.6) is 5.75 Å². The number of aromatic nitrogens is 1. The molecule has 5 rings (SSSR count). The summed E-state index contributed by atoms with van der Waals surface area (Å²) < 4.78 is 5.14. The third kappa shape index (κ3) is 6.13. The molecule has 2 N–H and O–H groups in total. The van der Waals surface area contributed by atoms with Crippen LogP contribution in [0, 0.1) is 5.92 Å². The minimum Gasteiger partial charge on any atom is -0.497 e. The molecule has 1 aliphatic rings. The monoisotopic (exact) mass is 555 g/mol. The van der Waals surface area contributed by atoms with Crippen LogP contribution in [0.25, 0.3) is 0 Å². The molecule has 1 fully saturated rings. The Balaban J connectivity index is 1.36. The fourth-order valence-electron chi connectivity index (χ4n) is 4.30. The summed E-state index contributed by atoms with van der Waals surface area (Å²) >= 11 is 6.07. The number of halogens is 1. The Bertz CT molecular complexity index is 1570. The van der Waals surface area contributed by atoms with Crippen molar-refractivity contribution in [2.24, 2.45) is 5.92 Å². The second-order valence-corrected chi connectivity index (χ2v) is 9.95. The van der Waals surface area contributed by atoms with Crippen LogP contribution in [0.2, 0.25) is 5.02 Å². The molecule has 0 atom stereocenters. The van der Waals surface area contributed by atoms with Gasteiger partial charge in [0.25, 0.3) is 5.91 Å². The highest BCUT2D eigenvalue weighted by molar-refractivity contribution is 6.30. The Labute approximate surface area is 236 Å². The lowest BCUT2D eigenvalue weighted by Gasteiger charge is -2.25. The third-order valence-corrected chi connectivity index (χ3v) is 6.91. The van der Waals surface area contributed by atoms with Gasteiger partial charge in [-0.1, -0.05) is 17.7 Å². The van der Waals surface area contributed by atoms with E-state index in [-0.39, 0.29) is 22.5 Å². The number of amides is 1. The summed E-state index contributed by atoms with van der Waals surface area (Å²) in [6.45, 7) is 0.835. The van der Waals surface area contributed by atoms with Gasteiger partial charge in [0.15, 0.2) is 0 Å². The molecule has 1 aromatic heterocycles. The lowest BCUT2D eigenvalue weighted by Crippen LogP contribution is -2.20. The van der Waals surface area contributed by atoms with Crippen molar-refractivity contribution in [2.75, 3.05) is 23.9 Å². The van der Waals surface area contributed by atoms with Gasteiger partial charge in [-0.25, -0.2) is 4.79 Å². The third-order valence-electron chi connectivity index (χ3n) is 6.66. The summed E-state index contributed by atoms with van der Waals surface area (Å²) in [5.74, 6) is -1.12. The zero-order valence-electron chi connectivity index (χ0n) is 21.6. The van der Waals surface area contributed by atoms with Crippen molar-refractivity contribution < 1.29 is 24.2 Å². The summed E-state index contributed by atoms with van der Waals surface area (Å²) in [6, 6.07) is 21.6. The maximum Gasteiger partial charge on any atom is 0.337 e. The Morgan fingerprint density at radius 2 is 1.73 bits per heavy atom. The van der Waals surface area contributed by atoms with Gasteiger partial charge in [-0.2, -0.15) is 0 Å². The highest BCUT2D eigenvalue weighted by Crippen LogP contribution is 2.35. The Hall–Kier alpha value is -4.69. The first-order valence-corrected chi connectivity index (χ1v) is 13.1. The standard InChI is InChI=1S/C31H26ClN3O5/c1-40-25-4-2-3-21(15-25)30(37)34-27-13-7-20(16-26(27)31(38)39)29(36)28-14-12-24(17-33-28)35(18-19-5-6-19)23-10-8-22(32)9-11-23/h2-4,7-17,19H,5-6,18H2,1H3,(H,34,37)(H,38,39). The number of methoxy groups -OCH3 is 1. The second kappa shape index (κ2) is 11.6. The highest BCUT2D eigenvalue weighted by Gasteiger charge is 2.26. The molecular formula is C31H26ClN3O5. The van der Waals surface area contributed by atoms with Crippen molar-refractivity contribution in [2.45, 2.75) is 12.8 Å². The van der Waals surface area contributed by atoms with Crippen molar-refractivity contribution in [3.63, 3.8) is 0 Å². The van der Waals surface area contributed by atoms with Crippen LogP contribution < -0.4 is 15.0 Å². The predicted octanol–water partition coefficient (Wildman–Crippen LogP) is 6.47. The number of nitrogens with zero attached hydrogens (tertiary/aromatic N) is 2. The molecule has 1 aliphatic carbocycles. The molecule has 0 unspecified atom stereocenters. The number of ketones is 1. The van der Waals surface area contributed by atoms with E-state index in [1.165, 1.54) is 38.2 Å². The lowest BCUT2D eigenvalue weighted by atomic mass is 10.0. The number of ether oxygens (including phenoxy) is 1. The van der Waals surface area contributed by atoms with Crippen LogP contribution in [0.4, 0.5) is 17.1 Å². The zero-order valence-corrected chi connectivity index (χ0v) is 22.4. The Morgan fingerprint density at radius 3 is 2.38 bits per heavy atom. The van der Waals surface area contributed by atoms with Gasteiger partial charge in [-0.05, 0) is 91.6 Å². The van der Waals surface area contributed by atoms with E-state index in [0.29, 0.717) is 22.3 Å². The van der Waals surface area contributed by atoms with E-state index in [0.717, 1.165) is 17.9 Å². The van der Waals surface area contributed by atoms with E-state index < -0.39 is 17.7 Å². The van der Waals surface area contributed by atoms with Crippen LogP contribution in [-0.2, 0) is 0 Å². The second-order valence-electron chi connectivity index (χ2n) is 9.51. The average Bonchev–Trinajstić information content (AvgIpc) is 3.80. The number of anilines is 3. The highest BCUT2D eigenvalue weighted by atomic mass is 35.5. The maximum absolute atomic E-state index is 13.2. The molecule has 1 heterocycles. The smallest absolute Gasteiger partial charge is 0.337 e. The first kappa shape index (κ1) is 26.9.